The first-order valence-electron chi connectivity index (χ1n) is 11.2. The van der Waals surface area contributed by atoms with Crippen LogP contribution >= 0.6 is 34.8 Å². The smallest absolute Gasteiger partial charge is 0.343 e. The van der Waals surface area contributed by atoms with E-state index in [1.54, 1.807) is 12.1 Å². The highest BCUT2D eigenvalue weighted by atomic mass is 35.5. The van der Waals surface area contributed by atoms with Gasteiger partial charge in [0.2, 0.25) is 0 Å². The topological polar surface area (TPSA) is 95.0 Å². The van der Waals surface area contributed by atoms with Crippen molar-refractivity contribution in [1.82, 2.24) is 4.98 Å². The normalized spacial score (nSPS) is 12.9. The van der Waals surface area contributed by atoms with Crippen molar-refractivity contribution in [3.8, 4) is 18.1 Å². The van der Waals surface area contributed by atoms with Crippen LogP contribution in [0.15, 0.2) is 41.6 Å². The van der Waals surface area contributed by atoms with Gasteiger partial charge in [-0.05, 0) is 43.4 Å². The lowest BCUT2D eigenvalue weighted by Crippen LogP contribution is -2.34. The lowest BCUT2D eigenvalue weighted by Gasteiger charge is -2.28. The molecule has 0 saturated carbocycles. The molecular weight excluding hydrogens is 543 g/mol. The number of halogens is 3. The van der Waals surface area contributed by atoms with Crippen molar-refractivity contribution in [2.45, 2.75) is 32.2 Å². The number of terminal acetylenes is 1. The molecule has 2 aromatic rings. The van der Waals surface area contributed by atoms with Crippen LogP contribution in [0.1, 0.15) is 31.2 Å². The van der Waals surface area contributed by atoms with E-state index < -0.39 is 24.5 Å². The number of anilines is 1. The number of ether oxygens (including phenoxy) is 3. The third kappa shape index (κ3) is 7.39. The number of hydrogen-bond acceptors (Lipinski definition) is 7. The Balaban J connectivity index is 2.08. The van der Waals surface area contributed by atoms with Gasteiger partial charge >= 0.3 is 11.9 Å². The lowest BCUT2D eigenvalue weighted by molar-refractivity contribution is -0.143. The molecule has 0 bridgehead atoms. The number of nitrogens with zero attached hydrogens (tertiary/aromatic N) is 2. The molecule has 11 heteroatoms. The molecule has 8 nitrogen and oxygen atoms in total. The number of amides is 1. The van der Waals surface area contributed by atoms with Gasteiger partial charge in [0, 0.05) is 23.4 Å². The van der Waals surface area contributed by atoms with Crippen LogP contribution in [-0.4, -0.2) is 43.2 Å². The number of carbonyl (C=O) groups is 3. The molecule has 1 aliphatic rings. The van der Waals surface area contributed by atoms with Crippen LogP contribution in [0, 0.1) is 12.3 Å². The minimum atomic E-state index is -0.626. The molecule has 0 fully saturated rings. The zero-order valence-electron chi connectivity index (χ0n) is 19.9. The van der Waals surface area contributed by atoms with Gasteiger partial charge in [0.25, 0.3) is 5.91 Å². The number of rotatable bonds is 9. The van der Waals surface area contributed by atoms with Crippen LogP contribution in [0.3, 0.4) is 0 Å². The van der Waals surface area contributed by atoms with Crippen LogP contribution in [-0.2, 0) is 30.4 Å². The molecule has 194 valence electrons. The Hall–Kier alpha value is -3.25. The van der Waals surface area contributed by atoms with Crippen molar-refractivity contribution in [1.29, 1.82) is 0 Å². The summed E-state index contributed by atoms with van der Waals surface area (Å²) in [5.41, 5.74) is 1.48. The van der Waals surface area contributed by atoms with Gasteiger partial charge in [-0.3, -0.25) is 4.79 Å². The first-order chi connectivity index (χ1) is 17.7. The zero-order chi connectivity index (χ0) is 26.9. The summed E-state index contributed by atoms with van der Waals surface area (Å²) in [5.74, 6) is 0.675. The van der Waals surface area contributed by atoms with E-state index in [1.807, 2.05) is 0 Å². The van der Waals surface area contributed by atoms with Gasteiger partial charge in [0.05, 0.1) is 29.4 Å². The molecule has 1 aromatic heterocycles. The largest absolute Gasteiger partial charge is 0.480 e. The van der Waals surface area contributed by atoms with Gasteiger partial charge < -0.3 is 19.1 Å². The monoisotopic (exact) mass is 564 g/mol. The summed E-state index contributed by atoms with van der Waals surface area (Å²) < 4.78 is 15.2. The summed E-state index contributed by atoms with van der Waals surface area (Å²) >= 11 is 18.7. The van der Waals surface area contributed by atoms with Gasteiger partial charge in [0.1, 0.15) is 10.9 Å². The fourth-order valence-electron chi connectivity index (χ4n) is 3.70. The highest BCUT2D eigenvalue weighted by molar-refractivity contribution is 6.37. The van der Waals surface area contributed by atoms with Crippen molar-refractivity contribution in [3.05, 3.63) is 62.4 Å². The fourth-order valence-corrected chi connectivity index (χ4v) is 4.36. The van der Waals surface area contributed by atoms with E-state index in [0.29, 0.717) is 30.4 Å². The summed E-state index contributed by atoms with van der Waals surface area (Å²) in [4.78, 5) is 43.7. The molecule has 3 rings (SSSR count). The van der Waals surface area contributed by atoms with Gasteiger partial charge in [-0.15, -0.1) is 6.42 Å². The second-order valence-electron chi connectivity index (χ2n) is 7.92. The molecule has 1 heterocycles. The minimum Gasteiger partial charge on any atom is -0.480 e. The maximum Gasteiger partial charge on any atom is 0.343 e. The van der Waals surface area contributed by atoms with Crippen molar-refractivity contribution in [3.63, 3.8) is 0 Å². The summed E-state index contributed by atoms with van der Waals surface area (Å²) in [6.45, 7) is -0.562. The third-order valence-electron chi connectivity index (χ3n) is 5.50. The maximum atomic E-state index is 14.0. The third-order valence-corrected chi connectivity index (χ3v) is 6.32. The van der Waals surface area contributed by atoms with Crippen LogP contribution in [0.4, 0.5) is 5.69 Å². The first kappa shape index (κ1) is 28.3. The lowest BCUT2D eigenvalue weighted by atomic mass is 9.90. The highest BCUT2D eigenvalue weighted by Crippen LogP contribution is 2.39. The van der Waals surface area contributed by atoms with Gasteiger partial charge in [-0.1, -0.05) is 46.8 Å². The summed E-state index contributed by atoms with van der Waals surface area (Å²) in [5, 5.41) is 0.574. The average molecular weight is 566 g/mol. The van der Waals surface area contributed by atoms with Gasteiger partial charge in [0.15, 0.2) is 13.2 Å². The average Bonchev–Trinajstić information content (AvgIpc) is 2.90. The molecule has 0 atom stereocenters. The second kappa shape index (κ2) is 13.3. The Morgan fingerprint density at radius 2 is 1.81 bits per heavy atom. The number of methoxy groups -OCH3 is 1. The minimum absolute atomic E-state index is 0.0387. The van der Waals surface area contributed by atoms with Crippen LogP contribution < -0.4 is 9.64 Å². The Morgan fingerprint density at radius 1 is 1.08 bits per heavy atom. The van der Waals surface area contributed by atoms with E-state index in [9.17, 15) is 14.4 Å². The predicted molar refractivity (Wildman–Crippen MR) is 140 cm³/mol. The molecule has 0 saturated heterocycles. The van der Waals surface area contributed by atoms with Crippen LogP contribution in [0.2, 0.25) is 15.2 Å². The maximum absolute atomic E-state index is 14.0. The van der Waals surface area contributed by atoms with Gasteiger partial charge in [-0.25, -0.2) is 14.6 Å². The number of pyridine rings is 1. The number of hydrogen-bond donors (Lipinski definition) is 0. The van der Waals surface area contributed by atoms with E-state index in [1.165, 1.54) is 30.3 Å². The van der Waals surface area contributed by atoms with Gasteiger partial charge in [-0.2, -0.15) is 0 Å². The van der Waals surface area contributed by atoms with Crippen molar-refractivity contribution in [2.24, 2.45) is 0 Å². The Labute approximate surface area is 229 Å². The van der Waals surface area contributed by atoms with Crippen LogP contribution in [0.25, 0.3) is 0 Å². The molecular formula is C26H23Cl3N2O6. The predicted octanol–water partition coefficient (Wildman–Crippen LogP) is 5.17. The number of aromatic nitrogens is 1. The molecule has 0 spiro atoms. The Bertz CT molecular complexity index is 1250. The summed E-state index contributed by atoms with van der Waals surface area (Å²) in [6, 6.07) is 6.17. The Morgan fingerprint density at radius 3 is 2.46 bits per heavy atom. The summed E-state index contributed by atoms with van der Waals surface area (Å²) in [7, 11) is 1.23. The van der Waals surface area contributed by atoms with Crippen molar-refractivity contribution in [2.75, 3.05) is 25.2 Å². The van der Waals surface area contributed by atoms with E-state index in [2.05, 4.69) is 15.6 Å². The first-order valence-corrected chi connectivity index (χ1v) is 12.3. The zero-order valence-corrected chi connectivity index (χ0v) is 22.2. The number of esters is 2. The van der Waals surface area contributed by atoms with E-state index in [-0.39, 0.29) is 45.4 Å². The number of carbonyl (C=O) groups excluding carboxylic acids is 3. The molecule has 1 amide bonds. The molecule has 37 heavy (non-hydrogen) atoms. The SMILES string of the molecule is C#CCOC(=O)C1=C(C(=O)N(Cc2ccc(Cl)nc2)c2cc(OCC(=O)OC)c(Cl)cc2Cl)CCCC1. The Kier molecular flexibility index (Phi) is 10.2. The van der Waals surface area contributed by atoms with Crippen LogP contribution in [0.5, 0.6) is 5.75 Å². The quantitative estimate of drug-likeness (QED) is 0.235. The van der Waals surface area contributed by atoms with Crippen molar-refractivity contribution >= 4 is 58.3 Å². The molecule has 0 aliphatic heterocycles. The van der Waals surface area contributed by atoms with E-state index in [4.69, 9.17) is 50.7 Å². The van der Waals surface area contributed by atoms with E-state index in [0.717, 1.165) is 6.42 Å². The molecule has 0 unspecified atom stereocenters. The molecule has 0 N–H and O–H groups in total. The van der Waals surface area contributed by atoms with E-state index >= 15 is 0 Å². The fraction of sp³-hybridized carbons (Fsp3) is 0.308. The molecule has 1 aliphatic carbocycles. The van der Waals surface area contributed by atoms with Crippen molar-refractivity contribution < 1.29 is 28.6 Å². The standard InChI is InChI=1S/C26H23Cl3N2O6/c1-3-10-36-26(34)18-7-5-4-6-17(18)25(33)31(14-16-8-9-23(29)30-13-16)21-12-22(20(28)11-19(21)27)37-15-24(32)35-2/h1,8-9,11-13H,4-7,10,14-15H2,2H3. The molecule has 1 aromatic carbocycles. The second-order valence-corrected chi connectivity index (χ2v) is 9.13. The summed E-state index contributed by atoms with van der Waals surface area (Å²) in [6.07, 6.45) is 8.93. The molecule has 0 radical (unpaired) electrons. The highest BCUT2D eigenvalue weighted by Gasteiger charge is 2.30. The number of benzene rings is 1.